The van der Waals surface area contributed by atoms with Crippen molar-refractivity contribution in [2.45, 2.75) is 38.9 Å². The Morgan fingerprint density at radius 3 is 2.39 bits per heavy atom. The number of ketones is 1. The van der Waals surface area contributed by atoms with E-state index < -0.39 is 29.2 Å². The van der Waals surface area contributed by atoms with Crippen LogP contribution < -0.4 is 10.2 Å². The SMILES string of the molecule is CC1(C)CC(=O)C2=C(C1)N(c1cccc(C(F)(F)F)c1)C(=O)NC2c1ccc(Br)cc1. The summed E-state index contributed by atoms with van der Waals surface area (Å²) in [5.41, 5.74) is 0.435. The molecule has 2 aromatic rings. The predicted octanol–water partition coefficient (Wildman–Crippen LogP) is 6.38. The molecule has 0 spiro atoms. The van der Waals surface area contributed by atoms with Gasteiger partial charge in [-0.05, 0) is 47.7 Å². The lowest BCUT2D eigenvalue weighted by molar-refractivity contribution is -0.137. The molecule has 31 heavy (non-hydrogen) atoms. The first kappa shape index (κ1) is 21.6. The van der Waals surface area contributed by atoms with E-state index >= 15 is 0 Å². The predicted molar refractivity (Wildman–Crippen MR) is 114 cm³/mol. The molecule has 2 aliphatic rings. The normalized spacial score (nSPS) is 21.1. The number of rotatable bonds is 2. The summed E-state index contributed by atoms with van der Waals surface area (Å²) in [6.45, 7) is 3.83. The summed E-state index contributed by atoms with van der Waals surface area (Å²) in [5, 5.41) is 2.83. The van der Waals surface area contributed by atoms with Crippen molar-refractivity contribution in [3.63, 3.8) is 0 Å². The van der Waals surface area contributed by atoms with Crippen LogP contribution in [0.2, 0.25) is 0 Å². The molecule has 1 heterocycles. The largest absolute Gasteiger partial charge is 0.416 e. The number of nitrogens with zero attached hydrogens (tertiary/aromatic N) is 1. The second kappa shape index (κ2) is 7.51. The highest BCUT2D eigenvalue weighted by Crippen LogP contribution is 2.46. The molecule has 1 aliphatic carbocycles. The van der Waals surface area contributed by atoms with Gasteiger partial charge in [0.15, 0.2) is 5.78 Å². The Labute approximate surface area is 186 Å². The maximum Gasteiger partial charge on any atom is 0.416 e. The van der Waals surface area contributed by atoms with E-state index in [2.05, 4.69) is 21.2 Å². The van der Waals surface area contributed by atoms with Gasteiger partial charge in [0.05, 0.1) is 17.3 Å². The molecule has 0 saturated carbocycles. The van der Waals surface area contributed by atoms with Gasteiger partial charge in [-0.2, -0.15) is 13.2 Å². The number of anilines is 1. The number of alkyl halides is 3. The maximum atomic E-state index is 13.3. The van der Waals surface area contributed by atoms with Crippen LogP contribution in [-0.2, 0) is 11.0 Å². The molecule has 4 nitrogen and oxygen atoms in total. The van der Waals surface area contributed by atoms with Crippen molar-refractivity contribution < 1.29 is 22.8 Å². The number of halogens is 4. The minimum Gasteiger partial charge on any atom is -0.326 e. The molecule has 0 saturated heterocycles. The van der Waals surface area contributed by atoms with Gasteiger partial charge < -0.3 is 5.32 Å². The molecule has 1 unspecified atom stereocenters. The first-order valence-electron chi connectivity index (χ1n) is 9.76. The first-order valence-corrected chi connectivity index (χ1v) is 10.6. The zero-order chi connectivity index (χ0) is 22.6. The number of urea groups is 1. The standard InChI is InChI=1S/C23H20BrF3N2O2/c1-22(2)11-17-19(18(30)12-22)20(13-6-8-15(24)9-7-13)28-21(31)29(17)16-5-3-4-14(10-16)23(25,26)27/h3-10,20H,11-12H2,1-2H3,(H,28,31). The molecular weight excluding hydrogens is 473 g/mol. The van der Waals surface area contributed by atoms with Crippen LogP contribution in [0.5, 0.6) is 0 Å². The Bertz CT molecular complexity index is 1090. The molecule has 0 fully saturated rings. The summed E-state index contributed by atoms with van der Waals surface area (Å²) in [7, 11) is 0. The fourth-order valence-corrected chi connectivity index (χ4v) is 4.48. The molecule has 0 aromatic heterocycles. The minimum atomic E-state index is -4.54. The van der Waals surface area contributed by atoms with Gasteiger partial charge in [0.1, 0.15) is 0 Å². The molecule has 1 aliphatic heterocycles. The van der Waals surface area contributed by atoms with Crippen molar-refractivity contribution >= 4 is 33.4 Å². The van der Waals surface area contributed by atoms with Gasteiger partial charge >= 0.3 is 12.2 Å². The van der Waals surface area contributed by atoms with Crippen LogP contribution in [0.1, 0.15) is 43.9 Å². The highest BCUT2D eigenvalue weighted by molar-refractivity contribution is 9.10. The van der Waals surface area contributed by atoms with Crippen molar-refractivity contribution in [1.29, 1.82) is 0 Å². The summed E-state index contributed by atoms with van der Waals surface area (Å²) >= 11 is 3.37. The number of nitrogens with one attached hydrogen (secondary N) is 1. The summed E-state index contributed by atoms with van der Waals surface area (Å²) in [5.74, 6) is -0.115. The molecule has 4 rings (SSSR count). The van der Waals surface area contributed by atoms with Crippen LogP contribution in [0.25, 0.3) is 0 Å². The van der Waals surface area contributed by atoms with E-state index in [1.54, 1.807) is 0 Å². The summed E-state index contributed by atoms with van der Waals surface area (Å²) in [6.07, 6.45) is -3.85. The maximum absolute atomic E-state index is 13.3. The van der Waals surface area contributed by atoms with Gasteiger partial charge in [0.25, 0.3) is 0 Å². The van der Waals surface area contributed by atoms with Crippen LogP contribution in [0.4, 0.5) is 23.7 Å². The van der Waals surface area contributed by atoms with Gasteiger partial charge in [-0.15, -0.1) is 0 Å². The monoisotopic (exact) mass is 492 g/mol. The number of carbonyl (C=O) groups excluding carboxylic acids is 2. The highest BCUT2D eigenvalue weighted by atomic mass is 79.9. The Balaban J connectivity index is 1.88. The number of hydrogen-bond donors (Lipinski definition) is 1. The van der Waals surface area contributed by atoms with E-state index in [9.17, 15) is 22.8 Å². The second-order valence-electron chi connectivity index (χ2n) is 8.62. The lowest BCUT2D eigenvalue weighted by Gasteiger charge is -2.43. The van der Waals surface area contributed by atoms with E-state index in [-0.39, 0.29) is 11.5 Å². The van der Waals surface area contributed by atoms with Crippen molar-refractivity contribution in [1.82, 2.24) is 5.32 Å². The molecule has 0 radical (unpaired) electrons. The molecule has 1 N–H and O–H groups in total. The summed E-state index contributed by atoms with van der Waals surface area (Å²) < 4.78 is 40.7. The first-order chi connectivity index (χ1) is 14.5. The second-order valence-corrected chi connectivity index (χ2v) is 9.53. The molecule has 2 aromatic carbocycles. The Hall–Kier alpha value is -2.61. The van der Waals surface area contributed by atoms with E-state index in [4.69, 9.17) is 0 Å². The smallest absolute Gasteiger partial charge is 0.326 e. The third-order valence-corrected chi connectivity index (χ3v) is 6.09. The van der Waals surface area contributed by atoms with Crippen LogP contribution in [0.15, 0.2) is 64.3 Å². The number of benzene rings is 2. The van der Waals surface area contributed by atoms with Crippen LogP contribution >= 0.6 is 15.9 Å². The molecule has 2 amide bonds. The van der Waals surface area contributed by atoms with Gasteiger partial charge in [0, 0.05) is 22.2 Å². The number of amides is 2. The van der Waals surface area contributed by atoms with Gasteiger partial charge in [-0.1, -0.05) is 48.0 Å². The molecule has 162 valence electrons. The van der Waals surface area contributed by atoms with Crippen molar-refractivity contribution in [3.05, 3.63) is 75.4 Å². The third kappa shape index (κ3) is 4.13. The molecule has 8 heteroatoms. The molecular formula is C23H20BrF3N2O2. The molecule has 1 atom stereocenters. The number of carbonyl (C=O) groups is 2. The number of hydrogen-bond acceptors (Lipinski definition) is 2. The summed E-state index contributed by atoms with van der Waals surface area (Å²) in [4.78, 5) is 27.6. The minimum absolute atomic E-state index is 0.0829. The fraction of sp³-hybridized carbons (Fsp3) is 0.304. The van der Waals surface area contributed by atoms with Crippen LogP contribution in [0.3, 0.4) is 0 Å². The van der Waals surface area contributed by atoms with E-state index in [0.717, 1.165) is 22.2 Å². The third-order valence-electron chi connectivity index (χ3n) is 5.56. The van der Waals surface area contributed by atoms with E-state index in [0.29, 0.717) is 24.1 Å². The lowest BCUT2D eigenvalue weighted by atomic mass is 9.72. The zero-order valence-corrected chi connectivity index (χ0v) is 18.5. The average Bonchev–Trinajstić information content (AvgIpc) is 2.66. The number of Topliss-reactive ketones (excluding diaryl/α,β-unsaturated/α-hetero) is 1. The lowest BCUT2D eigenvalue weighted by Crippen LogP contribution is -2.51. The topological polar surface area (TPSA) is 49.4 Å². The van der Waals surface area contributed by atoms with Crippen molar-refractivity contribution in [2.24, 2.45) is 5.41 Å². The van der Waals surface area contributed by atoms with Crippen LogP contribution in [0, 0.1) is 5.41 Å². The molecule has 0 bridgehead atoms. The Morgan fingerprint density at radius 2 is 1.74 bits per heavy atom. The van der Waals surface area contributed by atoms with E-state index in [1.165, 1.54) is 17.0 Å². The fourth-order valence-electron chi connectivity index (χ4n) is 4.21. The quantitative estimate of drug-likeness (QED) is 0.528. The van der Waals surface area contributed by atoms with Crippen molar-refractivity contribution in [3.8, 4) is 0 Å². The Kier molecular flexibility index (Phi) is 5.24. The summed E-state index contributed by atoms with van der Waals surface area (Å²) in [6, 6.07) is 10.7. The van der Waals surface area contributed by atoms with Crippen molar-refractivity contribution in [2.75, 3.05) is 4.90 Å². The van der Waals surface area contributed by atoms with Gasteiger partial charge in [-0.25, -0.2) is 4.79 Å². The van der Waals surface area contributed by atoms with Gasteiger partial charge in [-0.3, -0.25) is 9.69 Å². The zero-order valence-electron chi connectivity index (χ0n) is 16.9. The highest BCUT2D eigenvalue weighted by Gasteiger charge is 2.44. The number of allylic oxidation sites excluding steroid dienone is 1. The van der Waals surface area contributed by atoms with Gasteiger partial charge in [0.2, 0.25) is 0 Å². The Morgan fingerprint density at radius 1 is 1.06 bits per heavy atom. The average molecular weight is 493 g/mol. The van der Waals surface area contributed by atoms with Crippen LogP contribution in [-0.4, -0.2) is 11.8 Å². The van der Waals surface area contributed by atoms with E-state index in [1.807, 2.05) is 38.1 Å².